The van der Waals surface area contributed by atoms with Gasteiger partial charge in [-0.05, 0) is 35.4 Å². The Morgan fingerprint density at radius 3 is 2.57 bits per heavy atom. The van der Waals surface area contributed by atoms with Gasteiger partial charge in [0.05, 0.1) is 26.1 Å². The summed E-state index contributed by atoms with van der Waals surface area (Å²) >= 11 is 0. The standard InChI is InChI=1S/C17H20F2N2O2/c1-11(16(22)21-10-17(18,19)9-20)12-3-4-14-8-15(23-2)6-5-13(14)7-12/h3-8,11H,9-10,20H2,1-2H3,(H,21,22). The lowest BCUT2D eigenvalue weighted by atomic mass is 9.97. The van der Waals surface area contributed by atoms with Crippen molar-refractivity contribution < 1.29 is 18.3 Å². The summed E-state index contributed by atoms with van der Waals surface area (Å²) in [6, 6.07) is 11.2. The molecule has 0 radical (unpaired) electrons. The first kappa shape index (κ1) is 17.1. The molecule has 2 aromatic rings. The van der Waals surface area contributed by atoms with Crippen LogP contribution in [0.5, 0.6) is 5.75 Å². The highest BCUT2D eigenvalue weighted by Crippen LogP contribution is 2.25. The third-order valence-electron chi connectivity index (χ3n) is 3.78. The Balaban J connectivity index is 2.14. The predicted octanol–water partition coefficient (Wildman–Crippen LogP) is 2.66. The van der Waals surface area contributed by atoms with Crippen LogP contribution in [0.25, 0.3) is 10.8 Å². The predicted molar refractivity (Wildman–Crippen MR) is 85.9 cm³/mol. The first-order valence-electron chi connectivity index (χ1n) is 7.29. The van der Waals surface area contributed by atoms with E-state index >= 15 is 0 Å². The van der Waals surface area contributed by atoms with Gasteiger partial charge in [-0.2, -0.15) is 0 Å². The highest BCUT2D eigenvalue weighted by molar-refractivity contribution is 5.88. The lowest BCUT2D eigenvalue weighted by molar-refractivity contribution is -0.124. The molecule has 124 valence electrons. The van der Waals surface area contributed by atoms with Crippen molar-refractivity contribution in [1.82, 2.24) is 5.32 Å². The molecule has 0 aliphatic carbocycles. The fraction of sp³-hybridized carbons (Fsp3) is 0.353. The molecular weight excluding hydrogens is 302 g/mol. The second kappa shape index (κ2) is 6.91. The van der Waals surface area contributed by atoms with Crippen LogP contribution in [-0.4, -0.2) is 32.0 Å². The number of carbonyl (C=O) groups is 1. The summed E-state index contributed by atoms with van der Waals surface area (Å²) in [5, 5.41) is 4.19. The Kier molecular flexibility index (Phi) is 5.15. The first-order valence-corrected chi connectivity index (χ1v) is 7.29. The van der Waals surface area contributed by atoms with Gasteiger partial charge in [-0.15, -0.1) is 0 Å². The molecule has 0 fully saturated rings. The molecule has 0 aromatic heterocycles. The molecule has 0 saturated carbocycles. The van der Waals surface area contributed by atoms with Crippen LogP contribution in [0.1, 0.15) is 18.4 Å². The molecule has 1 amide bonds. The molecule has 23 heavy (non-hydrogen) atoms. The average molecular weight is 322 g/mol. The number of amides is 1. The molecule has 3 N–H and O–H groups in total. The fourth-order valence-electron chi connectivity index (χ4n) is 2.23. The first-order chi connectivity index (χ1) is 10.9. The monoisotopic (exact) mass is 322 g/mol. The Morgan fingerprint density at radius 1 is 1.26 bits per heavy atom. The van der Waals surface area contributed by atoms with Crippen LogP contribution in [0.4, 0.5) is 8.78 Å². The lowest BCUT2D eigenvalue weighted by Gasteiger charge is -2.17. The molecule has 1 unspecified atom stereocenters. The van der Waals surface area contributed by atoms with Gasteiger partial charge >= 0.3 is 0 Å². The number of alkyl halides is 2. The van der Waals surface area contributed by atoms with E-state index in [1.165, 1.54) is 0 Å². The maximum Gasteiger partial charge on any atom is 0.277 e. The van der Waals surface area contributed by atoms with Crippen LogP contribution in [0.15, 0.2) is 36.4 Å². The Bertz CT molecular complexity index is 704. The topological polar surface area (TPSA) is 64.3 Å². The summed E-state index contributed by atoms with van der Waals surface area (Å²) in [7, 11) is 1.60. The second-order valence-electron chi connectivity index (χ2n) is 5.47. The van der Waals surface area contributed by atoms with E-state index in [-0.39, 0.29) is 0 Å². The van der Waals surface area contributed by atoms with E-state index in [2.05, 4.69) is 5.32 Å². The second-order valence-corrected chi connectivity index (χ2v) is 5.47. The van der Waals surface area contributed by atoms with E-state index < -0.39 is 30.8 Å². The van der Waals surface area contributed by atoms with E-state index in [0.29, 0.717) is 0 Å². The zero-order valence-electron chi connectivity index (χ0n) is 13.1. The molecular formula is C17H20F2N2O2. The van der Waals surface area contributed by atoms with Crippen LogP contribution < -0.4 is 15.8 Å². The van der Waals surface area contributed by atoms with E-state index in [4.69, 9.17) is 10.5 Å². The summed E-state index contributed by atoms with van der Waals surface area (Å²) in [5.74, 6) is -3.32. The number of nitrogens with two attached hydrogens (primary N) is 1. The minimum absolute atomic E-state index is 0.453. The van der Waals surface area contributed by atoms with Crippen LogP contribution in [-0.2, 0) is 4.79 Å². The molecule has 2 rings (SSSR count). The molecule has 4 nitrogen and oxygen atoms in total. The third kappa shape index (κ3) is 4.16. The largest absolute Gasteiger partial charge is 0.497 e. The molecule has 6 heteroatoms. The van der Waals surface area contributed by atoms with E-state index in [9.17, 15) is 13.6 Å². The van der Waals surface area contributed by atoms with Gasteiger partial charge in [0.15, 0.2) is 0 Å². The minimum atomic E-state index is -3.09. The van der Waals surface area contributed by atoms with Crippen LogP contribution in [0.2, 0.25) is 0 Å². The summed E-state index contributed by atoms with van der Waals surface area (Å²) in [4.78, 5) is 12.0. The van der Waals surface area contributed by atoms with Gasteiger partial charge in [-0.25, -0.2) is 8.78 Å². The maximum atomic E-state index is 13.1. The van der Waals surface area contributed by atoms with Crippen molar-refractivity contribution in [3.05, 3.63) is 42.0 Å². The highest BCUT2D eigenvalue weighted by Gasteiger charge is 2.28. The number of rotatable bonds is 6. The van der Waals surface area contributed by atoms with Gasteiger partial charge in [0, 0.05) is 0 Å². The van der Waals surface area contributed by atoms with Gasteiger partial charge in [0.25, 0.3) is 5.92 Å². The third-order valence-corrected chi connectivity index (χ3v) is 3.78. The SMILES string of the molecule is COc1ccc2cc(C(C)C(=O)NCC(F)(F)CN)ccc2c1. The minimum Gasteiger partial charge on any atom is -0.497 e. The number of hydrogen-bond donors (Lipinski definition) is 2. The molecule has 0 spiro atoms. The summed E-state index contributed by atoms with van der Waals surface area (Å²) in [6.07, 6.45) is 0. The fourth-order valence-corrected chi connectivity index (χ4v) is 2.23. The normalized spacial score (nSPS) is 12.9. The van der Waals surface area contributed by atoms with Crippen molar-refractivity contribution in [2.75, 3.05) is 20.2 Å². The van der Waals surface area contributed by atoms with Crippen molar-refractivity contribution in [1.29, 1.82) is 0 Å². The van der Waals surface area contributed by atoms with Crippen molar-refractivity contribution in [2.24, 2.45) is 5.73 Å². The quantitative estimate of drug-likeness (QED) is 0.859. The Labute approximate surface area is 133 Å². The van der Waals surface area contributed by atoms with Crippen LogP contribution >= 0.6 is 0 Å². The summed E-state index contributed by atoms with van der Waals surface area (Å²) in [6.45, 7) is 0.136. The lowest BCUT2D eigenvalue weighted by Crippen LogP contribution is -2.42. The van der Waals surface area contributed by atoms with Crippen molar-refractivity contribution in [3.8, 4) is 5.75 Å². The number of methoxy groups -OCH3 is 1. The van der Waals surface area contributed by atoms with Gasteiger partial charge in [0.2, 0.25) is 5.91 Å². The molecule has 1 atom stereocenters. The number of fused-ring (bicyclic) bond motifs is 1. The maximum absolute atomic E-state index is 13.1. The van der Waals surface area contributed by atoms with Gasteiger partial charge in [-0.3, -0.25) is 4.79 Å². The molecule has 0 heterocycles. The number of hydrogen-bond acceptors (Lipinski definition) is 3. The van der Waals surface area contributed by atoms with Crippen LogP contribution in [0.3, 0.4) is 0 Å². The van der Waals surface area contributed by atoms with Gasteiger partial charge in [-0.1, -0.05) is 24.3 Å². The number of benzene rings is 2. The Morgan fingerprint density at radius 2 is 1.91 bits per heavy atom. The van der Waals surface area contributed by atoms with Crippen molar-refractivity contribution >= 4 is 16.7 Å². The molecule has 0 saturated heterocycles. The number of halogens is 2. The summed E-state index contributed by atoms with van der Waals surface area (Å²) < 4.78 is 31.4. The van der Waals surface area contributed by atoms with Gasteiger partial charge < -0.3 is 15.8 Å². The molecule has 0 aliphatic rings. The highest BCUT2D eigenvalue weighted by atomic mass is 19.3. The van der Waals surface area contributed by atoms with Crippen LogP contribution in [0, 0.1) is 0 Å². The smallest absolute Gasteiger partial charge is 0.277 e. The number of ether oxygens (including phenoxy) is 1. The number of nitrogens with one attached hydrogen (secondary N) is 1. The zero-order chi connectivity index (χ0) is 17.0. The number of carbonyl (C=O) groups excluding carboxylic acids is 1. The average Bonchev–Trinajstić information content (AvgIpc) is 2.58. The van der Waals surface area contributed by atoms with Crippen molar-refractivity contribution in [2.45, 2.75) is 18.8 Å². The molecule has 2 aromatic carbocycles. The van der Waals surface area contributed by atoms with Gasteiger partial charge in [0.1, 0.15) is 5.75 Å². The van der Waals surface area contributed by atoms with E-state index in [1.54, 1.807) is 14.0 Å². The Hall–Kier alpha value is -2.21. The molecule has 0 bridgehead atoms. The zero-order valence-corrected chi connectivity index (χ0v) is 13.1. The van der Waals surface area contributed by atoms with Crippen molar-refractivity contribution in [3.63, 3.8) is 0 Å². The van der Waals surface area contributed by atoms with E-state index in [1.807, 2.05) is 36.4 Å². The molecule has 0 aliphatic heterocycles. The summed E-state index contributed by atoms with van der Waals surface area (Å²) in [5.41, 5.74) is 5.71. The van der Waals surface area contributed by atoms with E-state index in [0.717, 1.165) is 22.1 Å².